The summed E-state index contributed by atoms with van der Waals surface area (Å²) in [6.07, 6.45) is 2.29. The van der Waals surface area contributed by atoms with Gasteiger partial charge in [0.15, 0.2) is 5.84 Å². The van der Waals surface area contributed by atoms with Gasteiger partial charge in [-0.05, 0) is 38.8 Å². The molecular formula is C16H20N4O. The standard InChI is InChI=1S/C16H20N4O/c1-16(2)8-5-9-20(16)14-10-12(15(17)19-21)11-6-3-4-7-13(11)18-14/h3-4,6-7,10,21H,5,8-9H2,1-2H3,(H2,17,19). The topological polar surface area (TPSA) is 74.7 Å². The van der Waals surface area contributed by atoms with Crippen molar-refractivity contribution in [2.75, 3.05) is 11.4 Å². The highest BCUT2D eigenvalue weighted by Gasteiger charge is 2.33. The third kappa shape index (κ3) is 2.28. The average molecular weight is 284 g/mol. The molecule has 1 fully saturated rings. The lowest BCUT2D eigenvalue weighted by Gasteiger charge is -2.33. The molecule has 1 aliphatic rings. The van der Waals surface area contributed by atoms with Gasteiger partial charge in [0.25, 0.3) is 0 Å². The van der Waals surface area contributed by atoms with E-state index in [1.165, 1.54) is 0 Å². The molecule has 3 rings (SSSR count). The molecule has 0 bridgehead atoms. The summed E-state index contributed by atoms with van der Waals surface area (Å²) in [6.45, 7) is 5.42. The van der Waals surface area contributed by atoms with Crippen LogP contribution in [0, 0.1) is 0 Å². The highest BCUT2D eigenvalue weighted by molar-refractivity contribution is 6.08. The van der Waals surface area contributed by atoms with E-state index in [4.69, 9.17) is 15.9 Å². The van der Waals surface area contributed by atoms with Crippen LogP contribution in [0.25, 0.3) is 10.9 Å². The van der Waals surface area contributed by atoms with E-state index >= 15 is 0 Å². The van der Waals surface area contributed by atoms with Gasteiger partial charge in [-0.15, -0.1) is 0 Å². The fraction of sp³-hybridized carbons (Fsp3) is 0.375. The number of para-hydroxylation sites is 1. The number of anilines is 1. The summed E-state index contributed by atoms with van der Waals surface area (Å²) < 4.78 is 0. The number of benzene rings is 1. The van der Waals surface area contributed by atoms with Crippen molar-refractivity contribution in [2.24, 2.45) is 10.9 Å². The number of nitrogens with zero attached hydrogens (tertiary/aromatic N) is 3. The van der Waals surface area contributed by atoms with E-state index < -0.39 is 0 Å². The van der Waals surface area contributed by atoms with Crippen molar-refractivity contribution in [1.29, 1.82) is 0 Å². The van der Waals surface area contributed by atoms with Crippen LogP contribution >= 0.6 is 0 Å². The van der Waals surface area contributed by atoms with Crippen LogP contribution in [-0.4, -0.2) is 28.1 Å². The molecular weight excluding hydrogens is 264 g/mol. The zero-order valence-electron chi connectivity index (χ0n) is 12.4. The molecule has 0 unspecified atom stereocenters. The molecule has 0 aliphatic carbocycles. The van der Waals surface area contributed by atoms with E-state index in [2.05, 4.69) is 23.9 Å². The lowest BCUT2D eigenvalue weighted by Crippen LogP contribution is -2.38. The third-order valence-corrected chi connectivity index (χ3v) is 4.26. The predicted octanol–water partition coefficient (Wildman–Crippen LogP) is 2.71. The number of amidine groups is 1. The Morgan fingerprint density at radius 3 is 2.81 bits per heavy atom. The van der Waals surface area contributed by atoms with Crippen LogP contribution < -0.4 is 10.6 Å². The largest absolute Gasteiger partial charge is 0.409 e. The van der Waals surface area contributed by atoms with Gasteiger partial charge in [0.2, 0.25) is 0 Å². The Labute approximate surface area is 124 Å². The molecule has 21 heavy (non-hydrogen) atoms. The molecule has 0 radical (unpaired) electrons. The number of rotatable bonds is 2. The summed E-state index contributed by atoms with van der Waals surface area (Å²) in [6, 6.07) is 9.69. The maximum absolute atomic E-state index is 9.04. The van der Waals surface area contributed by atoms with E-state index in [0.29, 0.717) is 0 Å². The zero-order chi connectivity index (χ0) is 15.0. The molecule has 110 valence electrons. The molecule has 1 aromatic carbocycles. The van der Waals surface area contributed by atoms with Crippen LogP contribution in [0.15, 0.2) is 35.5 Å². The first-order chi connectivity index (χ1) is 10.0. The van der Waals surface area contributed by atoms with Crippen LogP contribution in [-0.2, 0) is 0 Å². The second kappa shape index (κ2) is 4.91. The van der Waals surface area contributed by atoms with Gasteiger partial charge >= 0.3 is 0 Å². The predicted molar refractivity (Wildman–Crippen MR) is 84.9 cm³/mol. The lowest BCUT2D eigenvalue weighted by molar-refractivity contribution is 0.318. The van der Waals surface area contributed by atoms with Gasteiger partial charge in [-0.25, -0.2) is 4.98 Å². The molecule has 2 aromatic rings. The Kier molecular flexibility index (Phi) is 3.20. The van der Waals surface area contributed by atoms with Gasteiger partial charge in [0, 0.05) is 23.0 Å². The van der Waals surface area contributed by atoms with Crippen molar-refractivity contribution >= 4 is 22.6 Å². The van der Waals surface area contributed by atoms with Crippen molar-refractivity contribution in [3.8, 4) is 0 Å². The van der Waals surface area contributed by atoms with Gasteiger partial charge in [-0.3, -0.25) is 0 Å². The van der Waals surface area contributed by atoms with Gasteiger partial charge < -0.3 is 15.8 Å². The molecule has 3 N–H and O–H groups in total. The second-order valence-corrected chi connectivity index (χ2v) is 6.10. The van der Waals surface area contributed by atoms with Crippen molar-refractivity contribution in [3.63, 3.8) is 0 Å². The van der Waals surface area contributed by atoms with Gasteiger partial charge in [-0.1, -0.05) is 23.4 Å². The summed E-state index contributed by atoms with van der Waals surface area (Å²) in [4.78, 5) is 7.06. The molecule has 0 spiro atoms. The molecule has 1 aromatic heterocycles. The lowest BCUT2D eigenvalue weighted by atomic mass is 10.0. The molecule has 1 saturated heterocycles. The number of nitrogens with two attached hydrogens (primary N) is 1. The van der Waals surface area contributed by atoms with Crippen LogP contribution in [0.3, 0.4) is 0 Å². The number of aromatic nitrogens is 1. The fourth-order valence-electron chi connectivity index (χ4n) is 3.10. The quantitative estimate of drug-likeness (QED) is 0.385. The molecule has 5 heteroatoms. The highest BCUT2D eigenvalue weighted by atomic mass is 16.4. The summed E-state index contributed by atoms with van der Waals surface area (Å²) >= 11 is 0. The number of pyridine rings is 1. The Balaban J connectivity index is 2.21. The fourth-order valence-corrected chi connectivity index (χ4v) is 3.10. The number of hydrogen-bond acceptors (Lipinski definition) is 4. The molecule has 0 atom stereocenters. The maximum atomic E-state index is 9.04. The summed E-state index contributed by atoms with van der Waals surface area (Å²) in [5, 5.41) is 13.1. The van der Waals surface area contributed by atoms with Crippen molar-refractivity contribution in [1.82, 2.24) is 4.98 Å². The number of hydrogen-bond donors (Lipinski definition) is 2. The van der Waals surface area contributed by atoms with E-state index in [1.54, 1.807) is 0 Å². The highest BCUT2D eigenvalue weighted by Crippen LogP contribution is 2.34. The van der Waals surface area contributed by atoms with Crippen LogP contribution in [0.4, 0.5) is 5.82 Å². The minimum Gasteiger partial charge on any atom is -0.409 e. The molecule has 1 aliphatic heterocycles. The third-order valence-electron chi connectivity index (χ3n) is 4.26. The van der Waals surface area contributed by atoms with Crippen LogP contribution in [0.1, 0.15) is 32.3 Å². The normalized spacial score (nSPS) is 18.4. The first-order valence-corrected chi connectivity index (χ1v) is 7.18. The Morgan fingerprint density at radius 1 is 1.38 bits per heavy atom. The maximum Gasteiger partial charge on any atom is 0.170 e. The van der Waals surface area contributed by atoms with Gasteiger partial charge in [0.1, 0.15) is 5.82 Å². The van der Waals surface area contributed by atoms with Crippen molar-refractivity contribution in [3.05, 3.63) is 35.9 Å². The first kappa shape index (κ1) is 13.7. The Hall–Kier alpha value is -2.30. The van der Waals surface area contributed by atoms with E-state index in [0.717, 1.165) is 41.7 Å². The zero-order valence-corrected chi connectivity index (χ0v) is 12.4. The second-order valence-electron chi connectivity index (χ2n) is 6.10. The molecule has 0 saturated carbocycles. The minimum absolute atomic E-state index is 0.0812. The average Bonchev–Trinajstić information content (AvgIpc) is 2.84. The summed E-state index contributed by atoms with van der Waals surface area (Å²) in [5.74, 6) is 1.00. The van der Waals surface area contributed by atoms with Gasteiger partial charge in [0.05, 0.1) is 5.52 Å². The van der Waals surface area contributed by atoms with Crippen molar-refractivity contribution in [2.45, 2.75) is 32.2 Å². The van der Waals surface area contributed by atoms with Crippen molar-refractivity contribution < 1.29 is 5.21 Å². The van der Waals surface area contributed by atoms with Crippen LogP contribution in [0.5, 0.6) is 0 Å². The number of oxime groups is 1. The Morgan fingerprint density at radius 2 is 2.14 bits per heavy atom. The van der Waals surface area contributed by atoms with Crippen LogP contribution in [0.2, 0.25) is 0 Å². The number of fused-ring (bicyclic) bond motifs is 1. The summed E-state index contributed by atoms with van der Waals surface area (Å²) in [7, 11) is 0. The summed E-state index contributed by atoms with van der Waals surface area (Å²) in [5.41, 5.74) is 7.51. The smallest absolute Gasteiger partial charge is 0.170 e. The molecule has 2 heterocycles. The molecule has 0 amide bonds. The Bertz CT molecular complexity index is 708. The minimum atomic E-state index is 0.0812. The van der Waals surface area contributed by atoms with E-state index in [9.17, 15) is 0 Å². The van der Waals surface area contributed by atoms with Gasteiger partial charge in [-0.2, -0.15) is 0 Å². The monoisotopic (exact) mass is 284 g/mol. The SMILES string of the molecule is CC1(C)CCCN1c1cc(C(N)=NO)c2ccccc2n1. The van der Waals surface area contributed by atoms with E-state index in [-0.39, 0.29) is 11.4 Å². The first-order valence-electron chi connectivity index (χ1n) is 7.18. The molecule has 5 nitrogen and oxygen atoms in total. The van der Waals surface area contributed by atoms with E-state index in [1.807, 2.05) is 30.3 Å².